The molecule has 82 valence electrons. The summed E-state index contributed by atoms with van der Waals surface area (Å²) in [6, 6.07) is 1.36. The smallest absolute Gasteiger partial charge is 0.167 e. The summed E-state index contributed by atoms with van der Waals surface area (Å²) < 4.78 is 10.6. The first-order valence-electron chi connectivity index (χ1n) is 4.17. The van der Waals surface area contributed by atoms with E-state index in [-0.39, 0.29) is 22.8 Å². The van der Waals surface area contributed by atoms with Gasteiger partial charge in [0.25, 0.3) is 0 Å². The third kappa shape index (κ3) is 2.07. The number of hydrogen-bond acceptors (Lipinski definition) is 4. The number of benzene rings is 1. The van der Waals surface area contributed by atoms with Gasteiger partial charge in [0.05, 0.1) is 14.2 Å². The molecule has 1 aromatic rings. The molecule has 0 radical (unpaired) electrons. The first-order chi connectivity index (χ1) is 7.02. The molecule has 15 heavy (non-hydrogen) atoms. The van der Waals surface area contributed by atoms with Crippen molar-refractivity contribution in [2.45, 2.75) is 6.92 Å². The molecule has 0 amide bonds. The number of carbonyl (C=O) groups is 1. The fraction of sp³-hybridized carbons (Fsp3) is 0.300. The SMILES string of the molecule is COc1cc(O)c(C(C)=O)c(OC)c1Br. The Bertz CT molecular complexity index is 401. The van der Waals surface area contributed by atoms with E-state index in [2.05, 4.69) is 15.9 Å². The molecule has 1 aromatic carbocycles. The van der Waals surface area contributed by atoms with Crippen molar-refractivity contribution in [2.75, 3.05) is 14.2 Å². The van der Waals surface area contributed by atoms with E-state index in [1.807, 2.05) is 0 Å². The highest BCUT2D eigenvalue weighted by Crippen LogP contribution is 2.42. The maximum absolute atomic E-state index is 11.3. The van der Waals surface area contributed by atoms with Crippen LogP contribution in [-0.2, 0) is 0 Å². The molecule has 0 spiro atoms. The molecule has 5 heteroatoms. The van der Waals surface area contributed by atoms with Gasteiger partial charge in [0.1, 0.15) is 21.5 Å². The molecule has 0 atom stereocenters. The third-order valence-corrected chi connectivity index (χ3v) is 2.69. The monoisotopic (exact) mass is 274 g/mol. The number of rotatable bonds is 3. The second-order valence-corrected chi connectivity index (χ2v) is 3.67. The van der Waals surface area contributed by atoms with Crippen LogP contribution in [0.2, 0.25) is 0 Å². The van der Waals surface area contributed by atoms with Crippen LogP contribution in [0.25, 0.3) is 0 Å². The zero-order valence-corrected chi connectivity index (χ0v) is 10.2. The molecule has 0 heterocycles. The van der Waals surface area contributed by atoms with E-state index in [9.17, 15) is 9.90 Å². The number of methoxy groups -OCH3 is 2. The van der Waals surface area contributed by atoms with Gasteiger partial charge in [0.2, 0.25) is 0 Å². The minimum Gasteiger partial charge on any atom is -0.507 e. The van der Waals surface area contributed by atoms with Crippen LogP contribution in [0.1, 0.15) is 17.3 Å². The minimum atomic E-state index is -0.271. The molecule has 1 N–H and O–H groups in total. The predicted molar refractivity (Wildman–Crippen MR) is 58.9 cm³/mol. The van der Waals surface area contributed by atoms with Crippen LogP contribution in [0.15, 0.2) is 10.5 Å². The van der Waals surface area contributed by atoms with Gasteiger partial charge in [-0.25, -0.2) is 0 Å². The molecule has 0 fully saturated rings. The summed E-state index contributed by atoms with van der Waals surface area (Å²) in [5.74, 6) is 0.265. The highest BCUT2D eigenvalue weighted by Gasteiger charge is 2.20. The molecule has 0 bridgehead atoms. The van der Waals surface area contributed by atoms with Crippen molar-refractivity contribution in [1.82, 2.24) is 0 Å². The molecular weight excluding hydrogens is 264 g/mol. The maximum Gasteiger partial charge on any atom is 0.167 e. The second kappa shape index (κ2) is 4.53. The topological polar surface area (TPSA) is 55.8 Å². The van der Waals surface area contributed by atoms with Crippen molar-refractivity contribution in [3.63, 3.8) is 0 Å². The van der Waals surface area contributed by atoms with E-state index >= 15 is 0 Å². The minimum absolute atomic E-state index is 0.144. The molecule has 0 unspecified atom stereocenters. The fourth-order valence-corrected chi connectivity index (χ4v) is 1.91. The average Bonchev–Trinajstić information content (AvgIpc) is 2.19. The Morgan fingerprint density at radius 3 is 2.40 bits per heavy atom. The van der Waals surface area contributed by atoms with Gasteiger partial charge in [0, 0.05) is 6.07 Å². The largest absolute Gasteiger partial charge is 0.507 e. The van der Waals surface area contributed by atoms with Gasteiger partial charge in [-0.3, -0.25) is 4.79 Å². The Morgan fingerprint density at radius 1 is 1.40 bits per heavy atom. The van der Waals surface area contributed by atoms with Gasteiger partial charge in [-0.1, -0.05) is 0 Å². The maximum atomic E-state index is 11.3. The van der Waals surface area contributed by atoms with Crippen LogP contribution in [0.3, 0.4) is 0 Å². The Morgan fingerprint density at radius 2 is 2.00 bits per heavy atom. The summed E-state index contributed by atoms with van der Waals surface area (Å²) in [6.07, 6.45) is 0. The van der Waals surface area contributed by atoms with Crippen molar-refractivity contribution < 1.29 is 19.4 Å². The lowest BCUT2D eigenvalue weighted by molar-refractivity contribution is 0.101. The number of aromatic hydroxyl groups is 1. The van der Waals surface area contributed by atoms with Crippen LogP contribution >= 0.6 is 15.9 Å². The number of hydrogen-bond donors (Lipinski definition) is 1. The van der Waals surface area contributed by atoms with Gasteiger partial charge in [-0.15, -0.1) is 0 Å². The van der Waals surface area contributed by atoms with Crippen LogP contribution in [0.4, 0.5) is 0 Å². The molecular formula is C10H11BrO4. The highest BCUT2D eigenvalue weighted by molar-refractivity contribution is 9.10. The van der Waals surface area contributed by atoms with Gasteiger partial charge < -0.3 is 14.6 Å². The lowest BCUT2D eigenvalue weighted by Gasteiger charge is -2.13. The first kappa shape index (κ1) is 11.8. The van der Waals surface area contributed by atoms with Crippen molar-refractivity contribution >= 4 is 21.7 Å². The van der Waals surface area contributed by atoms with Crippen molar-refractivity contribution in [1.29, 1.82) is 0 Å². The van der Waals surface area contributed by atoms with E-state index in [0.29, 0.717) is 10.2 Å². The fourth-order valence-electron chi connectivity index (χ4n) is 1.28. The lowest BCUT2D eigenvalue weighted by Crippen LogP contribution is -2.00. The number of Topliss-reactive ketones (excluding diaryl/α,β-unsaturated/α-hetero) is 1. The van der Waals surface area contributed by atoms with E-state index in [4.69, 9.17) is 9.47 Å². The Balaban J connectivity index is 3.53. The molecule has 0 aromatic heterocycles. The van der Waals surface area contributed by atoms with Crippen molar-refractivity contribution in [3.05, 3.63) is 16.1 Å². The summed E-state index contributed by atoms with van der Waals surface area (Å²) in [4.78, 5) is 11.3. The third-order valence-electron chi connectivity index (χ3n) is 1.94. The summed E-state index contributed by atoms with van der Waals surface area (Å²) in [7, 11) is 2.89. The molecule has 0 aliphatic rings. The quantitative estimate of drug-likeness (QED) is 0.860. The van der Waals surface area contributed by atoms with E-state index in [1.165, 1.54) is 27.2 Å². The molecule has 1 rings (SSSR count). The van der Waals surface area contributed by atoms with E-state index in [0.717, 1.165) is 0 Å². The number of halogens is 1. The number of ether oxygens (including phenoxy) is 2. The summed E-state index contributed by atoms with van der Waals surface area (Å²) >= 11 is 3.24. The van der Waals surface area contributed by atoms with Crippen LogP contribution in [0, 0.1) is 0 Å². The molecule has 0 aliphatic carbocycles. The zero-order chi connectivity index (χ0) is 11.6. The Kier molecular flexibility index (Phi) is 3.57. The van der Waals surface area contributed by atoms with Gasteiger partial charge in [0.15, 0.2) is 11.5 Å². The van der Waals surface area contributed by atoms with Gasteiger partial charge in [-0.2, -0.15) is 0 Å². The van der Waals surface area contributed by atoms with E-state index in [1.54, 1.807) is 0 Å². The summed E-state index contributed by atoms with van der Waals surface area (Å²) in [5, 5.41) is 9.63. The van der Waals surface area contributed by atoms with Crippen LogP contribution in [-0.4, -0.2) is 25.1 Å². The number of carbonyl (C=O) groups excluding carboxylic acids is 1. The van der Waals surface area contributed by atoms with E-state index < -0.39 is 0 Å². The standard InChI is InChI=1S/C10H11BrO4/c1-5(12)8-6(13)4-7(14-2)9(11)10(8)15-3/h4,13H,1-3H3. The van der Waals surface area contributed by atoms with Gasteiger partial charge >= 0.3 is 0 Å². The number of phenolic OH excluding ortho intramolecular Hbond substituents is 1. The normalized spacial score (nSPS) is 9.87. The predicted octanol–water partition coefficient (Wildman–Crippen LogP) is 2.37. The van der Waals surface area contributed by atoms with Gasteiger partial charge in [-0.05, 0) is 22.9 Å². The Labute approximate surface area is 95.9 Å². The highest BCUT2D eigenvalue weighted by atomic mass is 79.9. The molecule has 0 aliphatic heterocycles. The van der Waals surface area contributed by atoms with Crippen LogP contribution in [0.5, 0.6) is 17.2 Å². The molecule has 4 nitrogen and oxygen atoms in total. The second-order valence-electron chi connectivity index (χ2n) is 2.88. The Hall–Kier alpha value is -1.23. The average molecular weight is 275 g/mol. The summed E-state index contributed by atoms with van der Waals surface area (Å²) in [5.41, 5.74) is 0.144. The molecule has 0 saturated carbocycles. The van der Waals surface area contributed by atoms with Crippen molar-refractivity contribution in [3.8, 4) is 17.2 Å². The lowest BCUT2D eigenvalue weighted by atomic mass is 10.1. The van der Waals surface area contributed by atoms with Crippen molar-refractivity contribution in [2.24, 2.45) is 0 Å². The number of phenols is 1. The summed E-state index contributed by atoms with van der Waals surface area (Å²) in [6.45, 7) is 1.36. The molecule has 0 saturated heterocycles. The zero-order valence-electron chi connectivity index (χ0n) is 8.63. The number of ketones is 1. The van der Waals surface area contributed by atoms with Crippen LogP contribution < -0.4 is 9.47 Å². The first-order valence-corrected chi connectivity index (χ1v) is 4.96.